The van der Waals surface area contributed by atoms with Crippen LogP contribution in [0.15, 0.2) is 21.1 Å². The average molecular weight is 405 g/mol. The lowest BCUT2D eigenvalue weighted by atomic mass is 9.80. The van der Waals surface area contributed by atoms with Gasteiger partial charge in [0.25, 0.3) is 0 Å². The van der Waals surface area contributed by atoms with Gasteiger partial charge >= 0.3 is 0 Å². The van der Waals surface area contributed by atoms with Crippen LogP contribution in [-0.2, 0) is 0 Å². The van der Waals surface area contributed by atoms with Crippen molar-refractivity contribution in [1.29, 1.82) is 0 Å². The minimum Gasteiger partial charge on any atom is -0.398 e. The Hall–Kier alpha value is -0.100. The van der Waals surface area contributed by atoms with Gasteiger partial charge in [-0.1, -0.05) is 36.7 Å². The van der Waals surface area contributed by atoms with Crippen LogP contribution in [0, 0.1) is 5.41 Å². The molecule has 1 aliphatic rings. The molecule has 0 spiro atoms. The van der Waals surface area contributed by atoms with Crippen molar-refractivity contribution in [2.75, 3.05) is 31.9 Å². The van der Waals surface area contributed by atoms with Gasteiger partial charge in [-0.15, -0.1) is 0 Å². The first-order chi connectivity index (χ1) is 9.30. The number of nitrogens with zero attached hydrogens (tertiary/aromatic N) is 1. The van der Waals surface area contributed by atoms with Crippen LogP contribution in [0.5, 0.6) is 0 Å². The van der Waals surface area contributed by atoms with Gasteiger partial charge in [-0.25, -0.2) is 0 Å². The first kappa shape index (κ1) is 16.3. The number of halogens is 2. The molecule has 1 aromatic carbocycles. The summed E-state index contributed by atoms with van der Waals surface area (Å²) in [6.45, 7) is 11.1. The highest BCUT2D eigenvalue weighted by Gasteiger charge is 2.34. The van der Waals surface area contributed by atoms with Crippen LogP contribution in [0.25, 0.3) is 0 Å². The molecule has 1 atom stereocenters. The topological polar surface area (TPSA) is 41.3 Å². The summed E-state index contributed by atoms with van der Waals surface area (Å²) in [6.07, 6.45) is 0. The number of hydrogen-bond donors (Lipinski definition) is 2. The fraction of sp³-hybridized carbons (Fsp3) is 0.600. The predicted octanol–water partition coefficient (Wildman–Crippen LogP) is 3.79. The van der Waals surface area contributed by atoms with Crippen molar-refractivity contribution in [3.8, 4) is 0 Å². The molecule has 1 aromatic rings. The second-order valence-electron chi connectivity index (χ2n) is 6.45. The zero-order valence-corrected chi connectivity index (χ0v) is 15.5. The van der Waals surface area contributed by atoms with Gasteiger partial charge in [0.15, 0.2) is 0 Å². The van der Waals surface area contributed by atoms with E-state index < -0.39 is 0 Å². The van der Waals surface area contributed by atoms with Gasteiger partial charge in [0.1, 0.15) is 0 Å². The molecular formula is C15H23Br2N3. The van der Waals surface area contributed by atoms with Crippen molar-refractivity contribution < 1.29 is 0 Å². The monoisotopic (exact) mass is 403 g/mol. The second-order valence-corrected chi connectivity index (χ2v) is 8.22. The number of rotatable bonds is 2. The lowest BCUT2D eigenvalue weighted by molar-refractivity contribution is 0.0866. The minimum atomic E-state index is 0.131. The van der Waals surface area contributed by atoms with Gasteiger partial charge in [-0.05, 0) is 39.0 Å². The molecule has 0 amide bonds. The SMILES string of the molecule is CC(C)(C)[C@H](c1cc(Br)cc(Br)c1N)N1CCNCC1. The van der Waals surface area contributed by atoms with E-state index in [1.807, 2.05) is 6.07 Å². The maximum absolute atomic E-state index is 6.35. The van der Waals surface area contributed by atoms with Crippen molar-refractivity contribution in [2.24, 2.45) is 5.41 Å². The number of hydrogen-bond acceptors (Lipinski definition) is 3. The summed E-state index contributed by atoms with van der Waals surface area (Å²) >= 11 is 7.16. The third-order valence-electron chi connectivity index (χ3n) is 3.76. The molecule has 20 heavy (non-hydrogen) atoms. The smallest absolute Gasteiger partial charge is 0.0508 e. The molecule has 0 aliphatic carbocycles. The Bertz CT molecular complexity index is 477. The quantitative estimate of drug-likeness (QED) is 0.736. The highest BCUT2D eigenvalue weighted by molar-refractivity contribution is 9.11. The Morgan fingerprint density at radius 2 is 1.80 bits per heavy atom. The van der Waals surface area contributed by atoms with Crippen LogP contribution in [0.4, 0.5) is 5.69 Å². The third kappa shape index (κ3) is 3.56. The maximum atomic E-state index is 6.35. The molecule has 1 heterocycles. The number of nitrogen functional groups attached to an aromatic ring is 1. The number of piperazine rings is 1. The molecule has 0 saturated carbocycles. The summed E-state index contributed by atoms with van der Waals surface area (Å²) in [4.78, 5) is 2.54. The molecule has 1 fully saturated rings. The zero-order chi connectivity index (χ0) is 14.9. The van der Waals surface area contributed by atoms with E-state index in [1.165, 1.54) is 5.56 Å². The maximum Gasteiger partial charge on any atom is 0.0508 e. The molecule has 0 aromatic heterocycles. The van der Waals surface area contributed by atoms with Crippen molar-refractivity contribution in [3.05, 3.63) is 26.6 Å². The van der Waals surface area contributed by atoms with Crippen LogP contribution in [0.2, 0.25) is 0 Å². The van der Waals surface area contributed by atoms with Crippen LogP contribution >= 0.6 is 31.9 Å². The van der Waals surface area contributed by atoms with Crippen LogP contribution < -0.4 is 11.1 Å². The zero-order valence-electron chi connectivity index (χ0n) is 12.3. The van der Waals surface area contributed by atoms with E-state index in [0.29, 0.717) is 6.04 Å². The van der Waals surface area contributed by atoms with Crippen molar-refractivity contribution in [3.63, 3.8) is 0 Å². The summed E-state index contributed by atoms with van der Waals surface area (Å²) in [5.41, 5.74) is 8.54. The highest BCUT2D eigenvalue weighted by atomic mass is 79.9. The van der Waals surface area contributed by atoms with Crippen molar-refractivity contribution in [1.82, 2.24) is 10.2 Å². The molecule has 112 valence electrons. The molecule has 1 aliphatic heterocycles. The average Bonchev–Trinajstić information content (AvgIpc) is 2.35. The van der Waals surface area contributed by atoms with E-state index in [2.05, 4.69) is 68.9 Å². The summed E-state index contributed by atoms with van der Waals surface area (Å²) in [6, 6.07) is 4.49. The second kappa shape index (κ2) is 6.34. The summed E-state index contributed by atoms with van der Waals surface area (Å²) in [5.74, 6) is 0. The fourth-order valence-electron chi connectivity index (χ4n) is 2.98. The number of benzene rings is 1. The van der Waals surface area contributed by atoms with E-state index >= 15 is 0 Å². The standard InChI is InChI=1S/C15H23Br2N3/c1-15(2,3)14(20-6-4-19-5-7-20)11-8-10(16)9-12(17)13(11)18/h8-9,14,19H,4-7,18H2,1-3H3/t14-/m0/s1. The Labute approximate surface area is 138 Å². The lowest BCUT2D eigenvalue weighted by Crippen LogP contribution is -2.48. The Balaban J connectivity index is 2.46. The lowest BCUT2D eigenvalue weighted by Gasteiger charge is -2.43. The van der Waals surface area contributed by atoms with Gasteiger partial charge in [0.2, 0.25) is 0 Å². The predicted molar refractivity (Wildman–Crippen MR) is 92.9 cm³/mol. The fourth-order valence-corrected chi connectivity index (χ4v) is 4.24. The van der Waals surface area contributed by atoms with E-state index in [1.54, 1.807) is 0 Å². The van der Waals surface area contributed by atoms with E-state index in [9.17, 15) is 0 Å². The molecule has 3 nitrogen and oxygen atoms in total. The van der Waals surface area contributed by atoms with Gasteiger partial charge in [-0.2, -0.15) is 0 Å². The van der Waals surface area contributed by atoms with Crippen LogP contribution in [0.3, 0.4) is 0 Å². The van der Waals surface area contributed by atoms with E-state index in [4.69, 9.17) is 5.73 Å². The minimum absolute atomic E-state index is 0.131. The van der Waals surface area contributed by atoms with Gasteiger partial charge < -0.3 is 11.1 Å². The molecule has 5 heteroatoms. The first-order valence-electron chi connectivity index (χ1n) is 7.00. The third-order valence-corrected chi connectivity index (χ3v) is 4.87. The highest BCUT2D eigenvalue weighted by Crippen LogP contribution is 2.43. The van der Waals surface area contributed by atoms with Crippen LogP contribution in [0.1, 0.15) is 32.4 Å². The van der Waals surface area contributed by atoms with Gasteiger partial charge in [0.05, 0.1) is 5.69 Å². The molecule has 2 rings (SSSR count). The molecule has 0 unspecified atom stereocenters. The largest absolute Gasteiger partial charge is 0.398 e. The van der Waals surface area contributed by atoms with Crippen LogP contribution in [-0.4, -0.2) is 31.1 Å². The van der Waals surface area contributed by atoms with E-state index in [-0.39, 0.29) is 5.41 Å². The number of anilines is 1. The first-order valence-corrected chi connectivity index (χ1v) is 8.58. The normalized spacial score (nSPS) is 19.1. The summed E-state index contributed by atoms with van der Waals surface area (Å²) < 4.78 is 2.03. The Kier molecular flexibility index (Phi) is 5.16. The summed E-state index contributed by atoms with van der Waals surface area (Å²) in [7, 11) is 0. The molecule has 0 bridgehead atoms. The van der Waals surface area contributed by atoms with Crippen molar-refractivity contribution in [2.45, 2.75) is 26.8 Å². The van der Waals surface area contributed by atoms with Gasteiger partial charge in [-0.3, -0.25) is 4.90 Å². The summed E-state index contributed by atoms with van der Waals surface area (Å²) in [5, 5.41) is 3.42. The molecule has 1 saturated heterocycles. The molecular weight excluding hydrogens is 382 g/mol. The van der Waals surface area contributed by atoms with E-state index in [0.717, 1.165) is 40.8 Å². The van der Waals surface area contributed by atoms with Crippen molar-refractivity contribution >= 4 is 37.5 Å². The number of nitrogens with one attached hydrogen (secondary N) is 1. The molecule has 0 radical (unpaired) electrons. The van der Waals surface area contributed by atoms with Gasteiger partial charge in [0, 0.05) is 41.2 Å². The molecule has 3 N–H and O–H groups in total. The Morgan fingerprint density at radius 1 is 1.20 bits per heavy atom. The Morgan fingerprint density at radius 3 is 2.35 bits per heavy atom. The number of nitrogens with two attached hydrogens (primary N) is 1.